The van der Waals surface area contributed by atoms with Crippen molar-refractivity contribution in [1.82, 2.24) is 0 Å². The molecule has 0 saturated carbocycles. The van der Waals surface area contributed by atoms with Gasteiger partial charge in [-0.3, -0.25) is 4.79 Å². The molecule has 0 bridgehead atoms. The maximum absolute atomic E-state index is 8.36. The number of nitrogens with two attached hydrogens (primary N) is 1. The van der Waals surface area contributed by atoms with Crippen molar-refractivity contribution in [1.29, 1.82) is 0 Å². The van der Waals surface area contributed by atoms with Crippen LogP contribution in [0.4, 0.5) is 5.69 Å². The van der Waals surface area contributed by atoms with Crippen LogP contribution in [0.2, 0.25) is 0 Å². The van der Waals surface area contributed by atoms with E-state index in [2.05, 4.69) is 0 Å². The van der Waals surface area contributed by atoms with Gasteiger partial charge in [0.05, 0.1) is 6.61 Å². The van der Waals surface area contributed by atoms with Gasteiger partial charge in [-0.2, -0.15) is 0 Å². The smallest absolute Gasteiger partial charge is 0.290 e. The molecule has 3 N–H and O–H groups in total. The SMILES string of the molecule is CC.COCc1ccc(N)cc1.O=CO. The summed E-state index contributed by atoms with van der Waals surface area (Å²) in [6.45, 7) is 4.40. The molecule has 0 amide bonds. The van der Waals surface area contributed by atoms with Gasteiger partial charge in [-0.1, -0.05) is 26.0 Å². The number of benzene rings is 1. The summed E-state index contributed by atoms with van der Waals surface area (Å²) in [7, 11) is 1.68. The third-order valence-corrected chi connectivity index (χ3v) is 1.29. The zero-order chi connectivity index (χ0) is 12.1. The van der Waals surface area contributed by atoms with Crippen LogP contribution in [-0.2, 0) is 16.1 Å². The summed E-state index contributed by atoms with van der Waals surface area (Å²) in [5.74, 6) is 0. The summed E-state index contributed by atoms with van der Waals surface area (Å²) in [5, 5.41) is 6.89. The van der Waals surface area contributed by atoms with E-state index in [0.717, 1.165) is 11.3 Å². The van der Waals surface area contributed by atoms with E-state index in [9.17, 15) is 0 Å². The number of carboxylic acid groups (broad SMARTS) is 1. The first-order valence-corrected chi connectivity index (χ1v) is 4.65. The predicted octanol–water partition coefficient (Wildman–Crippen LogP) is 2.14. The Balaban J connectivity index is 0. The van der Waals surface area contributed by atoms with E-state index in [1.54, 1.807) is 7.11 Å². The maximum Gasteiger partial charge on any atom is 0.290 e. The second-order valence-corrected chi connectivity index (χ2v) is 2.28. The average Bonchev–Trinajstić information content (AvgIpc) is 2.26. The number of hydrogen-bond acceptors (Lipinski definition) is 3. The standard InChI is InChI=1S/C8H11NO.C2H6.CH2O2/c1-10-6-7-2-4-8(9)5-3-7;1-2;2-1-3/h2-5H,6,9H2,1H3;1-2H3;1H,(H,2,3). The number of methoxy groups -OCH3 is 1. The molecule has 86 valence electrons. The van der Waals surface area contributed by atoms with Gasteiger partial charge in [0.15, 0.2) is 0 Å². The van der Waals surface area contributed by atoms with Gasteiger partial charge in [0.1, 0.15) is 0 Å². The van der Waals surface area contributed by atoms with Crippen molar-refractivity contribution in [3.63, 3.8) is 0 Å². The highest BCUT2D eigenvalue weighted by Crippen LogP contribution is 2.05. The van der Waals surface area contributed by atoms with Crippen molar-refractivity contribution in [2.24, 2.45) is 0 Å². The Kier molecular flexibility index (Phi) is 13.2. The highest BCUT2D eigenvalue weighted by atomic mass is 16.5. The van der Waals surface area contributed by atoms with Crippen LogP contribution in [0.3, 0.4) is 0 Å². The second-order valence-electron chi connectivity index (χ2n) is 2.28. The first-order chi connectivity index (χ1) is 7.24. The molecule has 0 aliphatic rings. The minimum absolute atomic E-state index is 0.250. The van der Waals surface area contributed by atoms with Gasteiger partial charge in [0.2, 0.25) is 0 Å². The molecule has 0 heterocycles. The van der Waals surface area contributed by atoms with Crippen molar-refractivity contribution in [3.8, 4) is 0 Å². The van der Waals surface area contributed by atoms with Gasteiger partial charge in [0.25, 0.3) is 6.47 Å². The number of anilines is 1. The molecule has 15 heavy (non-hydrogen) atoms. The molecule has 0 aromatic heterocycles. The average molecular weight is 213 g/mol. The molecular weight excluding hydrogens is 194 g/mol. The van der Waals surface area contributed by atoms with Gasteiger partial charge in [-0.05, 0) is 17.7 Å². The number of nitrogen functional groups attached to an aromatic ring is 1. The second kappa shape index (κ2) is 12.4. The molecule has 0 saturated heterocycles. The van der Waals surface area contributed by atoms with Crippen LogP contribution in [0.1, 0.15) is 19.4 Å². The topological polar surface area (TPSA) is 72.5 Å². The van der Waals surface area contributed by atoms with Crippen molar-refractivity contribution >= 4 is 12.2 Å². The van der Waals surface area contributed by atoms with Gasteiger partial charge in [-0.25, -0.2) is 0 Å². The summed E-state index contributed by atoms with van der Waals surface area (Å²) in [4.78, 5) is 8.36. The molecule has 0 aliphatic carbocycles. The van der Waals surface area contributed by atoms with Crippen LogP contribution < -0.4 is 5.73 Å². The largest absolute Gasteiger partial charge is 0.483 e. The Labute approximate surface area is 90.7 Å². The van der Waals surface area contributed by atoms with Crippen LogP contribution >= 0.6 is 0 Å². The summed E-state index contributed by atoms with van der Waals surface area (Å²) in [5.41, 5.74) is 7.42. The molecular formula is C11H19NO3. The summed E-state index contributed by atoms with van der Waals surface area (Å²) in [6, 6.07) is 7.65. The van der Waals surface area contributed by atoms with Gasteiger partial charge in [-0.15, -0.1) is 0 Å². The number of rotatable bonds is 2. The Morgan fingerprint density at radius 1 is 1.33 bits per heavy atom. The molecule has 0 atom stereocenters. The fourth-order valence-corrected chi connectivity index (χ4v) is 0.781. The Morgan fingerprint density at radius 3 is 2.07 bits per heavy atom. The Morgan fingerprint density at radius 2 is 1.73 bits per heavy atom. The van der Waals surface area contributed by atoms with Gasteiger partial charge >= 0.3 is 0 Å². The Hall–Kier alpha value is -1.55. The van der Waals surface area contributed by atoms with Crippen molar-refractivity contribution < 1.29 is 14.6 Å². The summed E-state index contributed by atoms with van der Waals surface area (Å²) in [6.07, 6.45) is 0. The van der Waals surface area contributed by atoms with Crippen molar-refractivity contribution in [2.75, 3.05) is 12.8 Å². The van der Waals surface area contributed by atoms with Crippen LogP contribution in [0.5, 0.6) is 0 Å². The van der Waals surface area contributed by atoms with E-state index in [1.807, 2.05) is 38.1 Å². The molecule has 0 radical (unpaired) electrons. The summed E-state index contributed by atoms with van der Waals surface area (Å²) < 4.78 is 4.93. The van der Waals surface area contributed by atoms with E-state index in [4.69, 9.17) is 20.4 Å². The monoisotopic (exact) mass is 213 g/mol. The summed E-state index contributed by atoms with van der Waals surface area (Å²) >= 11 is 0. The lowest BCUT2D eigenvalue weighted by molar-refractivity contribution is -0.122. The van der Waals surface area contributed by atoms with Crippen molar-refractivity contribution in [2.45, 2.75) is 20.5 Å². The van der Waals surface area contributed by atoms with E-state index in [1.165, 1.54) is 0 Å². The number of ether oxygens (including phenoxy) is 1. The van der Waals surface area contributed by atoms with Gasteiger partial charge < -0.3 is 15.6 Å². The van der Waals surface area contributed by atoms with E-state index in [0.29, 0.717) is 6.61 Å². The number of hydrogen-bond donors (Lipinski definition) is 2. The zero-order valence-corrected chi connectivity index (χ0v) is 9.43. The minimum atomic E-state index is -0.250. The minimum Gasteiger partial charge on any atom is -0.483 e. The molecule has 1 aromatic rings. The molecule has 0 fully saturated rings. The Bertz CT molecular complexity index is 234. The van der Waals surface area contributed by atoms with E-state index < -0.39 is 0 Å². The van der Waals surface area contributed by atoms with Gasteiger partial charge in [0, 0.05) is 12.8 Å². The first-order valence-electron chi connectivity index (χ1n) is 4.65. The third kappa shape index (κ3) is 10.4. The van der Waals surface area contributed by atoms with E-state index >= 15 is 0 Å². The lowest BCUT2D eigenvalue weighted by atomic mass is 10.2. The highest BCUT2D eigenvalue weighted by molar-refractivity contribution is 5.39. The zero-order valence-electron chi connectivity index (χ0n) is 9.43. The van der Waals surface area contributed by atoms with E-state index in [-0.39, 0.29) is 6.47 Å². The van der Waals surface area contributed by atoms with Crippen molar-refractivity contribution in [3.05, 3.63) is 29.8 Å². The molecule has 0 spiro atoms. The maximum atomic E-state index is 8.36. The van der Waals surface area contributed by atoms with Crippen LogP contribution in [0.15, 0.2) is 24.3 Å². The number of carbonyl (C=O) groups is 1. The molecule has 1 rings (SSSR count). The normalized spacial score (nSPS) is 7.67. The highest BCUT2D eigenvalue weighted by Gasteiger charge is 1.88. The van der Waals surface area contributed by atoms with Crippen LogP contribution in [-0.4, -0.2) is 18.7 Å². The van der Waals surface area contributed by atoms with Crippen LogP contribution in [0.25, 0.3) is 0 Å². The fraction of sp³-hybridized carbons (Fsp3) is 0.364. The molecule has 4 heteroatoms. The molecule has 4 nitrogen and oxygen atoms in total. The molecule has 0 unspecified atom stereocenters. The predicted molar refractivity (Wildman–Crippen MR) is 61.6 cm³/mol. The quantitative estimate of drug-likeness (QED) is 0.583. The molecule has 1 aromatic carbocycles. The van der Waals surface area contributed by atoms with Crippen LogP contribution in [0, 0.1) is 0 Å². The fourth-order valence-electron chi connectivity index (χ4n) is 0.781. The third-order valence-electron chi connectivity index (χ3n) is 1.29. The lowest BCUT2D eigenvalue weighted by Gasteiger charge is -1.98. The molecule has 0 aliphatic heterocycles. The lowest BCUT2D eigenvalue weighted by Crippen LogP contribution is -1.88. The first kappa shape index (κ1) is 15.9.